The standard InChI is InChI=1S/C15H21NO5/c1-2-10-20-12-5-7-13(8-6-12)21-11-14(17)16-9-3-4-15(18)19/h5-8H,2-4,9-11H2,1H3,(H,16,17)(H,18,19). The minimum Gasteiger partial charge on any atom is -0.494 e. The fraction of sp³-hybridized carbons (Fsp3) is 0.467. The van der Waals surface area contributed by atoms with E-state index in [1.807, 2.05) is 6.92 Å². The molecule has 0 aromatic heterocycles. The van der Waals surface area contributed by atoms with E-state index in [4.69, 9.17) is 14.6 Å². The summed E-state index contributed by atoms with van der Waals surface area (Å²) in [5.74, 6) is 0.208. The monoisotopic (exact) mass is 295 g/mol. The van der Waals surface area contributed by atoms with Gasteiger partial charge in [-0.3, -0.25) is 9.59 Å². The maximum Gasteiger partial charge on any atom is 0.303 e. The Morgan fingerprint density at radius 3 is 2.33 bits per heavy atom. The normalized spacial score (nSPS) is 9.95. The van der Waals surface area contributed by atoms with Gasteiger partial charge in [-0.05, 0) is 37.1 Å². The van der Waals surface area contributed by atoms with Crippen molar-refractivity contribution >= 4 is 11.9 Å². The predicted octanol–water partition coefficient (Wildman–Crippen LogP) is 1.84. The van der Waals surface area contributed by atoms with E-state index >= 15 is 0 Å². The number of carboxylic acids is 1. The zero-order valence-electron chi connectivity index (χ0n) is 12.1. The number of hydrogen-bond donors (Lipinski definition) is 2. The molecular weight excluding hydrogens is 274 g/mol. The summed E-state index contributed by atoms with van der Waals surface area (Å²) in [4.78, 5) is 21.8. The van der Waals surface area contributed by atoms with Crippen LogP contribution in [0.4, 0.5) is 0 Å². The number of carbonyl (C=O) groups is 2. The molecule has 21 heavy (non-hydrogen) atoms. The number of carboxylic acid groups (broad SMARTS) is 1. The molecule has 0 atom stereocenters. The van der Waals surface area contributed by atoms with E-state index in [1.54, 1.807) is 24.3 Å². The molecule has 1 rings (SSSR count). The van der Waals surface area contributed by atoms with Crippen LogP contribution in [0.5, 0.6) is 11.5 Å². The Balaban J connectivity index is 2.21. The average Bonchev–Trinajstić information content (AvgIpc) is 2.48. The van der Waals surface area contributed by atoms with E-state index in [0.717, 1.165) is 12.2 Å². The second kappa shape index (κ2) is 9.63. The molecule has 0 saturated carbocycles. The van der Waals surface area contributed by atoms with Crippen LogP contribution in [0, 0.1) is 0 Å². The van der Waals surface area contributed by atoms with Gasteiger partial charge in [0.25, 0.3) is 5.91 Å². The fourth-order valence-corrected chi connectivity index (χ4v) is 1.52. The van der Waals surface area contributed by atoms with Crippen molar-refractivity contribution in [3.63, 3.8) is 0 Å². The molecule has 0 spiro atoms. The van der Waals surface area contributed by atoms with E-state index in [2.05, 4.69) is 5.32 Å². The third-order valence-corrected chi connectivity index (χ3v) is 2.56. The van der Waals surface area contributed by atoms with Gasteiger partial charge in [-0.25, -0.2) is 0 Å². The van der Waals surface area contributed by atoms with Crippen molar-refractivity contribution in [2.24, 2.45) is 0 Å². The molecule has 2 N–H and O–H groups in total. The van der Waals surface area contributed by atoms with Gasteiger partial charge in [-0.2, -0.15) is 0 Å². The van der Waals surface area contributed by atoms with Crippen LogP contribution < -0.4 is 14.8 Å². The van der Waals surface area contributed by atoms with E-state index < -0.39 is 5.97 Å². The number of hydrogen-bond acceptors (Lipinski definition) is 4. The van der Waals surface area contributed by atoms with Crippen LogP contribution in [-0.2, 0) is 9.59 Å². The summed E-state index contributed by atoms with van der Waals surface area (Å²) in [6.45, 7) is 2.94. The highest BCUT2D eigenvalue weighted by atomic mass is 16.5. The van der Waals surface area contributed by atoms with Crippen molar-refractivity contribution in [3.05, 3.63) is 24.3 Å². The molecule has 0 aliphatic heterocycles. The molecule has 1 amide bonds. The minimum atomic E-state index is -0.870. The van der Waals surface area contributed by atoms with Gasteiger partial charge in [0.15, 0.2) is 6.61 Å². The number of benzene rings is 1. The Kier molecular flexibility index (Phi) is 7.71. The summed E-state index contributed by atoms with van der Waals surface area (Å²) < 4.78 is 10.8. The number of rotatable bonds is 10. The molecular formula is C15H21NO5. The van der Waals surface area contributed by atoms with Crippen molar-refractivity contribution in [1.29, 1.82) is 0 Å². The summed E-state index contributed by atoms with van der Waals surface area (Å²) in [7, 11) is 0. The van der Waals surface area contributed by atoms with Crippen LogP contribution in [0.15, 0.2) is 24.3 Å². The summed E-state index contributed by atoms with van der Waals surface area (Å²) in [6.07, 6.45) is 1.39. The van der Waals surface area contributed by atoms with Gasteiger partial charge in [0.2, 0.25) is 0 Å². The number of carbonyl (C=O) groups excluding carboxylic acids is 1. The van der Waals surface area contributed by atoms with Crippen LogP contribution in [0.2, 0.25) is 0 Å². The van der Waals surface area contributed by atoms with Crippen molar-refractivity contribution in [2.75, 3.05) is 19.8 Å². The van der Waals surface area contributed by atoms with Crippen LogP contribution >= 0.6 is 0 Å². The molecule has 0 saturated heterocycles. The predicted molar refractivity (Wildman–Crippen MR) is 77.6 cm³/mol. The Bertz CT molecular complexity index is 444. The smallest absolute Gasteiger partial charge is 0.303 e. The van der Waals surface area contributed by atoms with Gasteiger partial charge in [-0.1, -0.05) is 6.92 Å². The third kappa shape index (κ3) is 7.81. The first-order valence-corrected chi connectivity index (χ1v) is 6.96. The number of nitrogens with one attached hydrogen (secondary N) is 1. The maximum absolute atomic E-state index is 11.5. The maximum atomic E-state index is 11.5. The van der Waals surface area contributed by atoms with Crippen LogP contribution in [0.1, 0.15) is 26.2 Å². The highest BCUT2D eigenvalue weighted by Crippen LogP contribution is 2.17. The Morgan fingerprint density at radius 1 is 1.14 bits per heavy atom. The lowest BCUT2D eigenvalue weighted by atomic mass is 10.3. The molecule has 0 aliphatic rings. The molecule has 0 aliphatic carbocycles. The minimum absolute atomic E-state index is 0.0420. The largest absolute Gasteiger partial charge is 0.494 e. The molecule has 6 heteroatoms. The lowest BCUT2D eigenvalue weighted by Crippen LogP contribution is -2.29. The summed E-state index contributed by atoms with van der Waals surface area (Å²) in [5, 5.41) is 11.1. The van der Waals surface area contributed by atoms with E-state index in [0.29, 0.717) is 25.3 Å². The Hall–Kier alpha value is -2.24. The zero-order chi connectivity index (χ0) is 15.5. The average molecular weight is 295 g/mol. The lowest BCUT2D eigenvalue weighted by Gasteiger charge is -2.08. The molecule has 1 aromatic carbocycles. The number of amides is 1. The first-order valence-electron chi connectivity index (χ1n) is 6.96. The molecule has 0 fully saturated rings. The second-order valence-electron chi connectivity index (χ2n) is 4.46. The van der Waals surface area contributed by atoms with Crippen LogP contribution in [0.3, 0.4) is 0 Å². The Morgan fingerprint density at radius 2 is 1.76 bits per heavy atom. The van der Waals surface area contributed by atoms with Crippen LogP contribution in [0.25, 0.3) is 0 Å². The lowest BCUT2D eigenvalue weighted by molar-refractivity contribution is -0.137. The van der Waals surface area contributed by atoms with Gasteiger partial charge >= 0.3 is 5.97 Å². The first-order chi connectivity index (χ1) is 10.1. The summed E-state index contributed by atoms with van der Waals surface area (Å²) in [6, 6.07) is 7.05. The van der Waals surface area contributed by atoms with E-state index in [-0.39, 0.29) is 18.9 Å². The van der Waals surface area contributed by atoms with Crippen molar-refractivity contribution in [3.8, 4) is 11.5 Å². The van der Waals surface area contributed by atoms with Crippen molar-refractivity contribution in [1.82, 2.24) is 5.32 Å². The van der Waals surface area contributed by atoms with Gasteiger partial charge in [0, 0.05) is 13.0 Å². The molecule has 6 nitrogen and oxygen atoms in total. The second-order valence-corrected chi connectivity index (χ2v) is 4.46. The van der Waals surface area contributed by atoms with Gasteiger partial charge in [0.05, 0.1) is 6.61 Å². The topological polar surface area (TPSA) is 84.9 Å². The third-order valence-electron chi connectivity index (χ3n) is 2.56. The summed E-state index contributed by atoms with van der Waals surface area (Å²) >= 11 is 0. The van der Waals surface area contributed by atoms with E-state index in [9.17, 15) is 9.59 Å². The van der Waals surface area contributed by atoms with Gasteiger partial charge in [0.1, 0.15) is 11.5 Å². The van der Waals surface area contributed by atoms with Crippen molar-refractivity contribution < 1.29 is 24.2 Å². The zero-order valence-corrected chi connectivity index (χ0v) is 12.1. The Labute approximate surface area is 124 Å². The number of aliphatic carboxylic acids is 1. The molecule has 0 radical (unpaired) electrons. The molecule has 116 valence electrons. The first kappa shape index (κ1) is 16.8. The molecule has 0 heterocycles. The van der Waals surface area contributed by atoms with Gasteiger partial charge < -0.3 is 19.9 Å². The van der Waals surface area contributed by atoms with Crippen LogP contribution in [-0.4, -0.2) is 36.7 Å². The fourth-order valence-electron chi connectivity index (χ4n) is 1.52. The SMILES string of the molecule is CCCOc1ccc(OCC(=O)NCCCC(=O)O)cc1. The highest BCUT2D eigenvalue weighted by Gasteiger charge is 2.03. The van der Waals surface area contributed by atoms with Crippen molar-refractivity contribution in [2.45, 2.75) is 26.2 Å². The molecule has 0 bridgehead atoms. The number of ether oxygens (including phenoxy) is 2. The van der Waals surface area contributed by atoms with E-state index in [1.165, 1.54) is 0 Å². The van der Waals surface area contributed by atoms with Gasteiger partial charge in [-0.15, -0.1) is 0 Å². The quantitative estimate of drug-likeness (QED) is 0.643. The highest BCUT2D eigenvalue weighted by molar-refractivity contribution is 5.77. The molecule has 0 unspecified atom stereocenters. The summed E-state index contributed by atoms with van der Waals surface area (Å²) in [5.41, 5.74) is 0. The molecule has 1 aromatic rings.